The van der Waals surface area contributed by atoms with Gasteiger partial charge in [0.05, 0.1) is 23.1 Å². The third-order valence-corrected chi connectivity index (χ3v) is 3.70. The molecule has 1 N–H and O–H groups in total. The van der Waals surface area contributed by atoms with Gasteiger partial charge in [-0.05, 0) is 30.3 Å². The molecule has 2 aromatic carbocycles. The van der Waals surface area contributed by atoms with E-state index in [0.717, 1.165) is 11.8 Å². The van der Waals surface area contributed by atoms with Crippen molar-refractivity contribution in [2.75, 3.05) is 17.3 Å². The number of nitrogens with one attached hydrogen (secondary N) is 1. The van der Waals surface area contributed by atoms with Crippen LogP contribution in [0.3, 0.4) is 0 Å². The van der Waals surface area contributed by atoms with Gasteiger partial charge in [-0.15, -0.1) is 0 Å². The molecule has 0 spiro atoms. The molecule has 0 bridgehead atoms. The normalized spacial score (nSPS) is 10.4. The number of nitrogens with zero attached hydrogens (tertiary/aromatic N) is 2. The van der Waals surface area contributed by atoms with E-state index >= 15 is 0 Å². The number of para-hydroxylation sites is 1. The van der Waals surface area contributed by atoms with Crippen molar-refractivity contribution < 1.29 is 13.6 Å². The van der Waals surface area contributed by atoms with Crippen LogP contribution in [-0.4, -0.2) is 17.9 Å². The van der Waals surface area contributed by atoms with Gasteiger partial charge in [-0.1, -0.05) is 18.2 Å². The van der Waals surface area contributed by atoms with Crippen LogP contribution in [0.4, 0.5) is 25.8 Å². The number of halogens is 2. The highest BCUT2D eigenvalue weighted by atomic mass is 19.1. The Morgan fingerprint density at radius 2 is 1.76 bits per heavy atom. The molecule has 0 unspecified atom stereocenters. The number of amides is 1. The quantitative estimate of drug-likeness (QED) is 0.767. The summed E-state index contributed by atoms with van der Waals surface area (Å²) in [6.07, 6.45) is 3.02. The second-order valence-corrected chi connectivity index (χ2v) is 5.40. The van der Waals surface area contributed by atoms with E-state index < -0.39 is 17.5 Å². The molecule has 25 heavy (non-hydrogen) atoms. The number of hydrogen-bond donors (Lipinski definition) is 1. The van der Waals surface area contributed by atoms with Crippen molar-refractivity contribution in [1.82, 2.24) is 4.98 Å². The number of hydrogen-bond acceptors (Lipinski definition) is 3. The highest BCUT2D eigenvalue weighted by molar-refractivity contribution is 6.04. The number of rotatable bonds is 4. The summed E-state index contributed by atoms with van der Waals surface area (Å²) in [5.41, 5.74) is 1.82. The Balaban J connectivity index is 1.82. The van der Waals surface area contributed by atoms with Crippen molar-refractivity contribution in [3.63, 3.8) is 0 Å². The summed E-state index contributed by atoms with van der Waals surface area (Å²) in [7, 11) is 1.85. The molecule has 0 aliphatic carbocycles. The lowest BCUT2D eigenvalue weighted by atomic mass is 10.2. The SMILES string of the molecule is CN(c1ccccc1)c1cncc(C(=O)Nc2ccc(F)cc2F)c1. The third kappa shape index (κ3) is 3.80. The molecule has 1 amide bonds. The van der Waals surface area contributed by atoms with Gasteiger partial charge in [-0.25, -0.2) is 8.78 Å². The molecule has 1 heterocycles. The third-order valence-electron chi connectivity index (χ3n) is 3.70. The van der Waals surface area contributed by atoms with Gasteiger partial charge in [0.1, 0.15) is 11.6 Å². The van der Waals surface area contributed by atoms with Crippen LogP contribution in [0.1, 0.15) is 10.4 Å². The maximum Gasteiger partial charge on any atom is 0.257 e. The minimum absolute atomic E-state index is 0.0896. The smallest absolute Gasteiger partial charge is 0.257 e. The van der Waals surface area contributed by atoms with Gasteiger partial charge < -0.3 is 10.2 Å². The molecule has 0 atom stereocenters. The largest absolute Gasteiger partial charge is 0.343 e. The van der Waals surface area contributed by atoms with Crippen molar-refractivity contribution in [2.45, 2.75) is 0 Å². The minimum atomic E-state index is -0.834. The lowest BCUT2D eigenvalue weighted by Gasteiger charge is -2.19. The zero-order valence-corrected chi connectivity index (χ0v) is 13.4. The maximum atomic E-state index is 13.7. The van der Waals surface area contributed by atoms with Crippen LogP contribution < -0.4 is 10.2 Å². The van der Waals surface area contributed by atoms with Crippen LogP contribution in [0.15, 0.2) is 67.0 Å². The molecule has 0 saturated heterocycles. The molecule has 4 nitrogen and oxygen atoms in total. The molecule has 0 saturated carbocycles. The van der Waals surface area contributed by atoms with Crippen molar-refractivity contribution in [3.8, 4) is 0 Å². The number of benzene rings is 2. The Morgan fingerprint density at radius 3 is 2.48 bits per heavy atom. The topological polar surface area (TPSA) is 45.2 Å². The monoisotopic (exact) mass is 339 g/mol. The highest BCUT2D eigenvalue weighted by Gasteiger charge is 2.12. The van der Waals surface area contributed by atoms with Gasteiger partial charge in [0.25, 0.3) is 5.91 Å². The molecule has 126 valence electrons. The van der Waals surface area contributed by atoms with E-state index in [1.54, 1.807) is 12.3 Å². The first-order chi connectivity index (χ1) is 12.0. The molecular weight excluding hydrogens is 324 g/mol. The number of carbonyl (C=O) groups is 1. The lowest BCUT2D eigenvalue weighted by Crippen LogP contribution is -2.15. The Labute approximate surface area is 143 Å². The second-order valence-electron chi connectivity index (χ2n) is 5.40. The summed E-state index contributed by atoms with van der Waals surface area (Å²) < 4.78 is 26.6. The first kappa shape index (κ1) is 16.6. The van der Waals surface area contributed by atoms with Crippen molar-refractivity contribution in [1.29, 1.82) is 0 Å². The molecule has 0 fully saturated rings. The minimum Gasteiger partial charge on any atom is -0.343 e. The fraction of sp³-hybridized carbons (Fsp3) is 0.0526. The van der Waals surface area contributed by atoms with Crippen LogP contribution in [0.25, 0.3) is 0 Å². The van der Waals surface area contributed by atoms with Crippen LogP contribution in [0.2, 0.25) is 0 Å². The molecular formula is C19H15F2N3O. The van der Waals surface area contributed by atoms with Gasteiger partial charge in [0, 0.05) is 25.0 Å². The zero-order chi connectivity index (χ0) is 17.8. The van der Waals surface area contributed by atoms with E-state index in [-0.39, 0.29) is 11.3 Å². The first-order valence-electron chi connectivity index (χ1n) is 7.55. The Bertz CT molecular complexity index is 900. The van der Waals surface area contributed by atoms with Gasteiger partial charge in [-0.2, -0.15) is 0 Å². The summed E-state index contributed by atoms with van der Waals surface area (Å²) in [6, 6.07) is 14.2. The Hall–Kier alpha value is -3.28. The van der Waals surface area contributed by atoms with Crippen LogP contribution in [0, 0.1) is 11.6 Å². The summed E-state index contributed by atoms with van der Waals surface area (Å²) in [5, 5.41) is 2.42. The zero-order valence-electron chi connectivity index (χ0n) is 13.4. The van der Waals surface area contributed by atoms with Crippen molar-refractivity contribution in [3.05, 3.63) is 84.2 Å². The number of pyridine rings is 1. The summed E-state index contributed by atoms with van der Waals surface area (Å²) in [6.45, 7) is 0. The average molecular weight is 339 g/mol. The van der Waals surface area contributed by atoms with Crippen LogP contribution in [-0.2, 0) is 0 Å². The van der Waals surface area contributed by atoms with Crippen molar-refractivity contribution in [2.24, 2.45) is 0 Å². The summed E-state index contributed by atoms with van der Waals surface area (Å²) >= 11 is 0. The summed E-state index contributed by atoms with van der Waals surface area (Å²) in [4.78, 5) is 18.3. The van der Waals surface area contributed by atoms with Crippen LogP contribution in [0.5, 0.6) is 0 Å². The molecule has 0 aliphatic heterocycles. The first-order valence-corrected chi connectivity index (χ1v) is 7.55. The average Bonchev–Trinajstić information content (AvgIpc) is 2.64. The predicted molar refractivity (Wildman–Crippen MR) is 93.1 cm³/mol. The maximum absolute atomic E-state index is 13.7. The highest BCUT2D eigenvalue weighted by Crippen LogP contribution is 2.23. The van der Waals surface area contributed by atoms with E-state index in [4.69, 9.17) is 0 Å². The van der Waals surface area contributed by atoms with Gasteiger partial charge in [-0.3, -0.25) is 9.78 Å². The molecule has 6 heteroatoms. The lowest BCUT2D eigenvalue weighted by molar-refractivity contribution is 0.102. The van der Waals surface area contributed by atoms with E-state index in [2.05, 4.69) is 10.3 Å². The van der Waals surface area contributed by atoms with E-state index in [9.17, 15) is 13.6 Å². The van der Waals surface area contributed by atoms with E-state index in [1.165, 1.54) is 12.3 Å². The van der Waals surface area contributed by atoms with E-state index in [0.29, 0.717) is 11.8 Å². The Morgan fingerprint density at radius 1 is 1.00 bits per heavy atom. The fourth-order valence-corrected chi connectivity index (χ4v) is 2.32. The Kier molecular flexibility index (Phi) is 4.70. The van der Waals surface area contributed by atoms with Gasteiger partial charge in [0.2, 0.25) is 0 Å². The second kappa shape index (κ2) is 7.09. The van der Waals surface area contributed by atoms with Crippen molar-refractivity contribution >= 4 is 23.0 Å². The number of anilines is 3. The van der Waals surface area contributed by atoms with Gasteiger partial charge >= 0.3 is 0 Å². The summed E-state index contributed by atoms with van der Waals surface area (Å²) in [5.74, 6) is -2.07. The van der Waals surface area contributed by atoms with E-state index in [1.807, 2.05) is 42.3 Å². The number of carbonyl (C=O) groups excluding carboxylic acids is 1. The standard InChI is InChI=1S/C19H15F2N3O/c1-24(15-5-3-2-4-6-15)16-9-13(11-22-12-16)19(25)23-18-8-7-14(20)10-17(18)21/h2-12H,1H3,(H,23,25). The molecule has 3 aromatic rings. The van der Waals surface area contributed by atoms with Gasteiger partial charge in [0.15, 0.2) is 0 Å². The molecule has 3 rings (SSSR count). The molecule has 0 radical (unpaired) electrons. The van der Waals surface area contributed by atoms with Crippen LogP contribution >= 0.6 is 0 Å². The number of aromatic nitrogens is 1. The molecule has 1 aromatic heterocycles. The fourth-order valence-electron chi connectivity index (χ4n) is 2.32. The molecule has 0 aliphatic rings. The predicted octanol–water partition coefficient (Wildman–Crippen LogP) is 4.38.